The summed E-state index contributed by atoms with van der Waals surface area (Å²) in [4.78, 5) is 23.3. The van der Waals surface area contributed by atoms with E-state index < -0.39 is 12.0 Å². The van der Waals surface area contributed by atoms with Gasteiger partial charge in [0, 0.05) is 11.3 Å². The molecule has 2 aromatic rings. The van der Waals surface area contributed by atoms with Crippen LogP contribution >= 0.6 is 0 Å². The summed E-state index contributed by atoms with van der Waals surface area (Å²) < 4.78 is 5.82. The summed E-state index contributed by atoms with van der Waals surface area (Å²) in [6, 6.07) is 10.4. The number of carbonyl (C=O) groups excluding carboxylic acids is 2. The molecule has 0 bridgehead atoms. The van der Waals surface area contributed by atoms with E-state index in [1.165, 1.54) is 0 Å². The first kappa shape index (κ1) is 17.5. The normalized spacial score (nSPS) is 11.7. The monoisotopic (exact) mass is 326 g/mol. The highest BCUT2D eigenvalue weighted by Gasteiger charge is 2.17. The summed E-state index contributed by atoms with van der Waals surface area (Å²) in [5.41, 5.74) is 9.39. The smallest absolute Gasteiger partial charge is 0.265 e. The van der Waals surface area contributed by atoms with E-state index in [1.807, 2.05) is 26.8 Å². The van der Waals surface area contributed by atoms with Gasteiger partial charge >= 0.3 is 0 Å². The molecule has 0 aliphatic heterocycles. The number of benzene rings is 2. The number of primary amides is 1. The molecule has 0 fully saturated rings. The van der Waals surface area contributed by atoms with Crippen molar-refractivity contribution in [1.29, 1.82) is 0 Å². The van der Waals surface area contributed by atoms with Crippen LogP contribution in [0, 0.1) is 20.8 Å². The number of aryl methyl sites for hydroxylation is 2. The standard InChI is InChI=1S/C19H22N2O3/c1-11-9-12(2)13(3)17(10-11)24-14(4)19(23)21-16-7-5-15(6-8-16)18(20)22/h5-10,14H,1-4H3,(H2,20,22)(H,21,23). The maximum absolute atomic E-state index is 12.3. The van der Waals surface area contributed by atoms with Crippen molar-refractivity contribution in [3.8, 4) is 5.75 Å². The fraction of sp³-hybridized carbons (Fsp3) is 0.263. The summed E-state index contributed by atoms with van der Waals surface area (Å²) in [6.45, 7) is 7.67. The Balaban J connectivity index is 2.06. The van der Waals surface area contributed by atoms with Crippen LogP contribution in [0.25, 0.3) is 0 Å². The predicted octanol–water partition coefficient (Wildman–Crippen LogP) is 3.12. The molecule has 0 aliphatic rings. The summed E-state index contributed by atoms with van der Waals surface area (Å²) >= 11 is 0. The number of anilines is 1. The van der Waals surface area contributed by atoms with Crippen LogP contribution < -0.4 is 15.8 Å². The first-order valence-electron chi connectivity index (χ1n) is 7.73. The SMILES string of the molecule is Cc1cc(C)c(C)c(OC(C)C(=O)Nc2ccc(C(N)=O)cc2)c1. The van der Waals surface area contributed by atoms with Crippen LogP contribution in [-0.4, -0.2) is 17.9 Å². The van der Waals surface area contributed by atoms with Crippen molar-refractivity contribution in [2.45, 2.75) is 33.8 Å². The zero-order valence-electron chi connectivity index (χ0n) is 14.3. The lowest BCUT2D eigenvalue weighted by Gasteiger charge is -2.18. The highest BCUT2D eigenvalue weighted by Crippen LogP contribution is 2.24. The third-order valence-corrected chi connectivity index (χ3v) is 3.87. The van der Waals surface area contributed by atoms with Gasteiger partial charge in [0.25, 0.3) is 5.91 Å². The van der Waals surface area contributed by atoms with Gasteiger partial charge < -0.3 is 15.8 Å². The summed E-state index contributed by atoms with van der Waals surface area (Å²) in [5, 5.41) is 2.76. The quantitative estimate of drug-likeness (QED) is 0.886. The van der Waals surface area contributed by atoms with Gasteiger partial charge in [-0.05, 0) is 74.7 Å². The summed E-state index contributed by atoms with van der Waals surface area (Å²) in [7, 11) is 0. The highest BCUT2D eigenvalue weighted by molar-refractivity contribution is 5.96. The van der Waals surface area contributed by atoms with Gasteiger partial charge in [0.1, 0.15) is 5.75 Å². The van der Waals surface area contributed by atoms with E-state index in [0.29, 0.717) is 17.0 Å². The van der Waals surface area contributed by atoms with Crippen LogP contribution in [-0.2, 0) is 4.79 Å². The predicted molar refractivity (Wildman–Crippen MR) is 94.3 cm³/mol. The molecule has 1 atom stereocenters. The molecule has 2 aromatic carbocycles. The van der Waals surface area contributed by atoms with Gasteiger partial charge in [0.2, 0.25) is 5.91 Å². The molecule has 0 aliphatic carbocycles. The van der Waals surface area contributed by atoms with Crippen LogP contribution in [0.2, 0.25) is 0 Å². The van der Waals surface area contributed by atoms with E-state index in [9.17, 15) is 9.59 Å². The summed E-state index contributed by atoms with van der Waals surface area (Å²) in [6.07, 6.45) is -0.652. The summed E-state index contributed by atoms with van der Waals surface area (Å²) in [5.74, 6) is -0.0607. The van der Waals surface area contributed by atoms with E-state index >= 15 is 0 Å². The maximum Gasteiger partial charge on any atom is 0.265 e. The third-order valence-electron chi connectivity index (χ3n) is 3.87. The average molecular weight is 326 g/mol. The van der Waals surface area contributed by atoms with Crippen LogP contribution in [0.5, 0.6) is 5.75 Å². The fourth-order valence-corrected chi connectivity index (χ4v) is 2.33. The lowest BCUT2D eigenvalue weighted by Crippen LogP contribution is -2.30. The van der Waals surface area contributed by atoms with E-state index in [-0.39, 0.29) is 5.91 Å². The minimum Gasteiger partial charge on any atom is -0.481 e. The van der Waals surface area contributed by atoms with Gasteiger partial charge in [-0.3, -0.25) is 9.59 Å². The first-order valence-corrected chi connectivity index (χ1v) is 7.73. The van der Waals surface area contributed by atoms with E-state index in [0.717, 1.165) is 16.7 Å². The molecule has 126 valence electrons. The molecule has 24 heavy (non-hydrogen) atoms. The number of nitrogens with two attached hydrogens (primary N) is 1. The number of hydrogen-bond donors (Lipinski definition) is 2. The molecule has 2 amide bonds. The van der Waals surface area contributed by atoms with Crippen molar-refractivity contribution in [3.63, 3.8) is 0 Å². The Morgan fingerprint density at radius 2 is 1.71 bits per heavy atom. The van der Waals surface area contributed by atoms with Crippen LogP contribution in [0.3, 0.4) is 0 Å². The third kappa shape index (κ3) is 4.13. The Labute approximate surface area is 141 Å². The molecule has 0 radical (unpaired) electrons. The molecule has 3 N–H and O–H groups in total. The Hall–Kier alpha value is -2.82. The fourth-order valence-electron chi connectivity index (χ4n) is 2.33. The zero-order chi connectivity index (χ0) is 17.9. The number of hydrogen-bond acceptors (Lipinski definition) is 3. The molecule has 5 heteroatoms. The maximum atomic E-state index is 12.3. The molecular formula is C19H22N2O3. The molecule has 2 rings (SSSR count). The van der Waals surface area contributed by atoms with Crippen molar-refractivity contribution in [3.05, 3.63) is 58.7 Å². The second-order valence-electron chi connectivity index (χ2n) is 5.90. The topological polar surface area (TPSA) is 81.4 Å². The Morgan fingerprint density at radius 1 is 1.08 bits per heavy atom. The van der Waals surface area contributed by atoms with Gasteiger partial charge in [-0.2, -0.15) is 0 Å². The minimum absolute atomic E-state index is 0.264. The molecule has 0 heterocycles. The van der Waals surface area contributed by atoms with Crippen LogP contribution in [0.1, 0.15) is 34.0 Å². The molecule has 5 nitrogen and oxygen atoms in total. The van der Waals surface area contributed by atoms with Gasteiger partial charge in [-0.1, -0.05) is 6.07 Å². The molecule has 0 aromatic heterocycles. The van der Waals surface area contributed by atoms with Crippen molar-refractivity contribution in [2.24, 2.45) is 5.73 Å². The lowest BCUT2D eigenvalue weighted by atomic mass is 10.1. The van der Waals surface area contributed by atoms with Crippen LogP contribution in [0.4, 0.5) is 5.69 Å². The highest BCUT2D eigenvalue weighted by atomic mass is 16.5. The number of amides is 2. The Bertz CT molecular complexity index is 767. The molecular weight excluding hydrogens is 304 g/mol. The average Bonchev–Trinajstić information content (AvgIpc) is 2.52. The van der Waals surface area contributed by atoms with Crippen molar-refractivity contribution < 1.29 is 14.3 Å². The van der Waals surface area contributed by atoms with Gasteiger partial charge in [-0.25, -0.2) is 0 Å². The number of nitrogens with one attached hydrogen (secondary N) is 1. The second kappa shape index (κ2) is 7.17. The molecule has 0 saturated heterocycles. The zero-order valence-corrected chi connectivity index (χ0v) is 14.3. The number of ether oxygens (including phenoxy) is 1. The molecule has 0 saturated carbocycles. The van der Waals surface area contributed by atoms with Crippen molar-refractivity contribution in [1.82, 2.24) is 0 Å². The van der Waals surface area contributed by atoms with E-state index in [2.05, 4.69) is 11.4 Å². The van der Waals surface area contributed by atoms with E-state index in [4.69, 9.17) is 10.5 Å². The van der Waals surface area contributed by atoms with Crippen LogP contribution in [0.15, 0.2) is 36.4 Å². The first-order chi connectivity index (χ1) is 11.3. The van der Waals surface area contributed by atoms with Gasteiger partial charge in [0.05, 0.1) is 0 Å². The van der Waals surface area contributed by atoms with Crippen molar-refractivity contribution >= 4 is 17.5 Å². The number of carbonyl (C=O) groups is 2. The Morgan fingerprint density at radius 3 is 2.29 bits per heavy atom. The van der Waals surface area contributed by atoms with Gasteiger partial charge in [0.15, 0.2) is 6.10 Å². The lowest BCUT2D eigenvalue weighted by molar-refractivity contribution is -0.122. The van der Waals surface area contributed by atoms with E-state index in [1.54, 1.807) is 31.2 Å². The number of rotatable bonds is 5. The molecule has 1 unspecified atom stereocenters. The van der Waals surface area contributed by atoms with Gasteiger partial charge in [-0.15, -0.1) is 0 Å². The largest absolute Gasteiger partial charge is 0.481 e. The Kier molecular flexibility index (Phi) is 5.24. The minimum atomic E-state index is -0.652. The second-order valence-corrected chi connectivity index (χ2v) is 5.90. The molecule has 0 spiro atoms. The van der Waals surface area contributed by atoms with Crippen molar-refractivity contribution in [2.75, 3.05) is 5.32 Å².